The SMILES string of the molecule is C=C(CCl)CN1CCC(C)CC1. The number of rotatable bonds is 3. The zero-order valence-corrected chi connectivity index (χ0v) is 8.61. The van der Waals surface area contributed by atoms with Crippen LogP contribution in [0.3, 0.4) is 0 Å². The Hall–Kier alpha value is -0.0100. The standard InChI is InChI=1S/C10H18ClN/c1-9-3-5-12(6-4-9)8-10(2)7-11/h9H,2-8H2,1H3. The van der Waals surface area contributed by atoms with Gasteiger partial charge in [0.05, 0.1) is 0 Å². The van der Waals surface area contributed by atoms with E-state index in [1.807, 2.05) is 0 Å². The first-order valence-corrected chi connectivity index (χ1v) is 5.20. The molecular formula is C10H18ClN. The summed E-state index contributed by atoms with van der Waals surface area (Å²) in [7, 11) is 0. The van der Waals surface area contributed by atoms with Crippen LogP contribution in [0.25, 0.3) is 0 Å². The molecule has 0 saturated carbocycles. The molecule has 1 saturated heterocycles. The van der Waals surface area contributed by atoms with Crippen molar-refractivity contribution in [1.29, 1.82) is 0 Å². The van der Waals surface area contributed by atoms with Crippen LogP contribution in [0, 0.1) is 5.92 Å². The molecule has 2 heteroatoms. The fourth-order valence-corrected chi connectivity index (χ4v) is 1.66. The summed E-state index contributed by atoms with van der Waals surface area (Å²) in [5.74, 6) is 1.51. The number of piperidine rings is 1. The molecule has 1 heterocycles. The summed E-state index contributed by atoms with van der Waals surface area (Å²) >= 11 is 5.67. The maximum atomic E-state index is 5.67. The number of halogens is 1. The van der Waals surface area contributed by atoms with Crippen LogP contribution in [0.1, 0.15) is 19.8 Å². The zero-order chi connectivity index (χ0) is 8.97. The molecule has 0 amide bonds. The molecule has 12 heavy (non-hydrogen) atoms. The second-order valence-corrected chi connectivity index (χ2v) is 4.11. The molecule has 0 aromatic heterocycles. The van der Waals surface area contributed by atoms with Gasteiger partial charge in [-0.2, -0.15) is 0 Å². The van der Waals surface area contributed by atoms with Gasteiger partial charge in [0.1, 0.15) is 0 Å². The molecule has 0 aromatic rings. The van der Waals surface area contributed by atoms with Gasteiger partial charge in [-0.15, -0.1) is 11.6 Å². The van der Waals surface area contributed by atoms with Crippen LogP contribution < -0.4 is 0 Å². The Labute approximate surface area is 80.4 Å². The minimum atomic E-state index is 0.603. The predicted molar refractivity (Wildman–Crippen MR) is 54.7 cm³/mol. The van der Waals surface area contributed by atoms with E-state index in [1.54, 1.807) is 0 Å². The second-order valence-electron chi connectivity index (χ2n) is 3.84. The summed E-state index contributed by atoms with van der Waals surface area (Å²) in [4.78, 5) is 2.45. The Bertz CT molecular complexity index is 148. The Morgan fingerprint density at radius 2 is 2.08 bits per heavy atom. The maximum absolute atomic E-state index is 5.67. The topological polar surface area (TPSA) is 3.24 Å². The summed E-state index contributed by atoms with van der Waals surface area (Å²) < 4.78 is 0. The smallest absolute Gasteiger partial charge is 0.0443 e. The highest BCUT2D eigenvalue weighted by atomic mass is 35.5. The molecule has 70 valence electrons. The first kappa shape index (κ1) is 10.1. The Balaban J connectivity index is 2.21. The molecule has 0 aromatic carbocycles. The van der Waals surface area contributed by atoms with Crippen LogP contribution in [0.4, 0.5) is 0 Å². The van der Waals surface area contributed by atoms with E-state index in [2.05, 4.69) is 18.4 Å². The first-order chi connectivity index (χ1) is 5.72. The molecule has 1 aliphatic rings. The van der Waals surface area contributed by atoms with Crippen LogP contribution in [0.5, 0.6) is 0 Å². The van der Waals surface area contributed by atoms with Crippen molar-refractivity contribution in [1.82, 2.24) is 4.90 Å². The molecule has 1 rings (SSSR count). The average Bonchev–Trinajstić information content (AvgIpc) is 2.09. The van der Waals surface area contributed by atoms with Crippen molar-refractivity contribution in [2.24, 2.45) is 5.92 Å². The van der Waals surface area contributed by atoms with Crippen molar-refractivity contribution in [2.45, 2.75) is 19.8 Å². The van der Waals surface area contributed by atoms with Gasteiger partial charge in [-0.3, -0.25) is 4.90 Å². The number of hydrogen-bond donors (Lipinski definition) is 0. The number of hydrogen-bond acceptors (Lipinski definition) is 1. The third-order valence-corrected chi connectivity index (χ3v) is 2.89. The average molecular weight is 188 g/mol. The molecule has 0 N–H and O–H groups in total. The Morgan fingerprint density at radius 3 is 2.58 bits per heavy atom. The molecule has 0 atom stereocenters. The van der Waals surface area contributed by atoms with E-state index in [9.17, 15) is 0 Å². The van der Waals surface area contributed by atoms with Gasteiger partial charge in [0.25, 0.3) is 0 Å². The fourth-order valence-electron chi connectivity index (χ4n) is 1.58. The number of nitrogens with zero attached hydrogens (tertiary/aromatic N) is 1. The summed E-state index contributed by atoms with van der Waals surface area (Å²) in [6.45, 7) is 9.67. The molecule has 1 aliphatic heterocycles. The van der Waals surface area contributed by atoms with Crippen molar-refractivity contribution >= 4 is 11.6 Å². The molecule has 0 radical (unpaired) electrons. The number of alkyl halides is 1. The van der Waals surface area contributed by atoms with E-state index in [0.29, 0.717) is 5.88 Å². The van der Waals surface area contributed by atoms with E-state index < -0.39 is 0 Å². The van der Waals surface area contributed by atoms with Gasteiger partial charge in [0.2, 0.25) is 0 Å². The van der Waals surface area contributed by atoms with Crippen LogP contribution in [-0.2, 0) is 0 Å². The highest BCUT2D eigenvalue weighted by Gasteiger charge is 2.15. The van der Waals surface area contributed by atoms with Gasteiger partial charge < -0.3 is 0 Å². The van der Waals surface area contributed by atoms with Crippen LogP contribution in [0.2, 0.25) is 0 Å². The van der Waals surface area contributed by atoms with E-state index in [0.717, 1.165) is 18.0 Å². The molecule has 0 spiro atoms. The highest BCUT2D eigenvalue weighted by molar-refractivity contribution is 6.19. The molecule has 1 fully saturated rings. The summed E-state index contributed by atoms with van der Waals surface area (Å²) in [5, 5.41) is 0. The van der Waals surface area contributed by atoms with E-state index in [4.69, 9.17) is 11.6 Å². The van der Waals surface area contributed by atoms with Crippen molar-refractivity contribution in [3.8, 4) is 0 Å². The van der Waals surface area contributed by atoms with E-state index in [-0.39, 0.29) is 0 Å². The van der Waals surface area contributed by atoms with Crippen LogP contribution >= 0.6 is 11.6 Å². The minimum absolute atomic E-state index is 0.603. The fraction of sp³-hybridized carbons (Fsp3) is 0.800. The summed E-state index contributed by atoms with van der Waals surface area (Å²) in [6, 6.07) is 0. The van der Waals surface area contributed by atoms with Gasteiger partial charge in [-0.1, -0.05) is 13.5 Å². The third-order valence-electron chi connectivity index (χ3n) is 2.51. The largest absolute Gasteiger partial charge is 0.299 e. The number of likely N-dealkylation sites (tertiary alicyclic amines) is 1. The minimum Gasteiger partial charge on any atom is -0.299 e. The maximum Gasteiger partial charge on any atom is 0.0443 e. The van der Waals surface area contributed by atoms with E-state index >= 15 is 0 Å². The summed E-state index contributed by atoms with van der Waals surface area (Å²) in [5.41, 5.74) is 1.14. The quantitative estimate of drug-likeness (QED) is 0.485. The third kappa shape index (κ3) is 3.16. The van der Waals surface area contributed by atoms with Gasteiger partial charge >= 0.3 is 0 Å². The van der Waals surface area contributed by atoms with Gasteiger partial charge in [0, 0.05) is 12.4 Å². The normalized spacial score (nSPS) is 21.2. The lowest BCUT2D eigenvalue weighted by Crippen LogP contribution is -2.34. The van der Waals surface area contributed by atoms with E-state index in [1.165, 1.54) is 25.9 Å². The van der Waals surface area contributed by atoms with Crippen molar-refractivity contribution in [2.75, 3.05) is 25.5 Å². The lowest BCUT2D eigenvalue weighted by molar-refractivity contribution is 0.206. The molecule has 0 bridgehead atoms. The van der Waals surface area contributed by atoms with Crippen molar-refractivity contribution in [3.05, 3.63) is 12.2 Å². The van der Waals surface area contributed by atoms with Gasteiger partial charge in [-0.25, -0.2) is 0 Å². The summed E-state index contributed by atoms with van der Waals surface area (Å²) in [6.07, 6.45) is 2.66. The second kappa shape index (κ2) is 4.88. The Kier molecular flexibility index (Phi) is 4.10. The highest BCUT2D eigenvalue weighted by Crippen LogP contribution is 2.16. The van der Waals surface area contributed by atoms with Crippen molar-refractivity contribution in [3.63, 3.8) is 0 Å². The van der Waals surface area contributed by atoms with Gasteiger partial charge in [-0.05, 0) is 37.4 Å². The van der Waals surface area contributed by atoms with Crippen LogP contribution in [0.15, 0.2) is 12.2 Å². The Morgan fingerprint density at radius 1 is 1.50 bits per heavy atom. The van der Waals surface area contributed by atoms with Gasteiger partial charge in [0.15, 0.2) is 0 Å². The van der Waals surface area contributed by atoms with Crippen molar-refractivity contribution < 1.29 is 0 Å². The lowest BCUT2D eigenvalue weighted by Gasteiger charge is -2.30. The van der Waals surface area contributed by atoms with Crippen LogP contribution in [-0.4, -0.2) is 30.4 Å². The monoisotopic (exact) mass is 187 g/mol. The lowest BCUT2D eigenvalue weighted by atomic mass is 9.99. The first-order valence-electron chi connectivity index (χ1n) is 4.67. The predicted octanol–water partition coefficient (Wildman–Crippen LogP) is 2.51. The zero-order valence-electron chi connectivity index (χ0n) is 7.85. The molecule has 1 nitrogen and oxygen atoms in total. The molecular weight excluding hydrogens is 170 g/mol. The molecule has 0 aliphatic carbocycles. The molecule has 0 unspecified atom stereocenters.